The molecule has 0 N–H and O–H groups in total. The third-order valence-electron chi connectivity index (χ3n) is 1.87. The van der Waals surface area contributed by atoms with E-state index in [1.54, 1.807) is 0 Å². The predicted octanol–water partition coefficient (Wildman–Crippen LogP) is 3.48. The van der Waals surface area contributed by atoms with E-state index in [1.807, 2.05) is 0 Å². The molecule has 0 aromatic heterocycles. The molecule has 1 aromatic carbocycles. The first-order valence-electron chi connectivity index (χ1n) is 4.91. The van der Waals surface area contributed by atoms with Gasteiger partial charge in [-0.1, -0.05) is 6.07 Å². The van der Waals surface area contributed by atoms with Crippen LogP contribution < -0.4 is 0 Å². The molecule has 0 amide bonds. The van der Waals surface area contributed by atoms with Crippen LogP contribution in [0.2, 0.25) is 0 Å². The van der Waals surface area contributed by atoms with Crippen molar-refractivity contribution in [2.75, 3.05) is 0 Å². The molecule has 1 rings (SSSR count). The first-order chi connectivity index (χ1) is 9.31. The highest BCUT2D eigenvalue weighted by atomic mass is 19.3. The van der Waals surface area contributed by atoms with Crippen molar-refractivity contribution in [3.05, 3.63) is 60.1 Å². The Morgan fingerprint density at radius 3 is 1.90 bits per heavy atom. The summed E-state index contributed by atoms with van der Waals surface area (Å²) in [6.07, 6.45) is -2.80. The lowest BCUT2D eigenvalue weighted by atomic mass is 10.1. The van der Waals surface area contributed by atoms with E-state index >= 15 is 0 Å². The van der Waals surface area contributed by atoms with Crippen LogP contribution in [0.4, 0.5) is 17.6 Å². The number of ether oxygens (including phenoxy) is 2. The number of carbonyl (C=O) groups is 2. The van der Waals surface area contributed by atoms with E-state index in [2.05, 4.69) is 16.1 Å². The van der Waals surface area contributed by atoms with Crippen molar-refractivity contribution >= 4 is 11.9 Å². The maximum absolute atomic E-state index is 12.4. The molecule has 0 aliphatic heterocycles. The number of rotatable bonds is 4. The van der Waals surface area contributed by atoms with Gasteiger partial charge in [0.25, 0.3) is 6.01 Å². The summed E-state index contributed by atoms with van der Waals surface area (Å²) in [4.78, 5) is 22.6. The molecule has 8 heteroatoms. The van der Waals surface area contributed by atoms with Gasteiger partial charge in [-0.3, -0.25) is 0 Å². The van der Waals surface area contributed by atoms with Crippen molar-refractivity contribution in [1.29, 1.82) is 0 Å². The van der Waals surface area contributed by atoms with Crippen LogP contribution in [0.3, 0.4) is 0 Å². The van der Waals surface area contributed by atoms with E-state index in [0.717, 1.165) is 18.2 Å². The molecule has 0 heterocycles. The Morgan fingerprint density at radius 2 is 1.45 bits per heavy atom. The second-order valence-electron chi connectivity index (χ2n) is 3.25. The Hall–Kier alpha value is -2.64. The fourth-order valence-corrected chi connectivity index (χ4v) is 1.11. The minimum atomic E-state index is -2.80. The minimum Gasteiger partial charge on any atom is -0.396 e. The van der Waals surface area contributed by atoms with Gasteiger partial charge in [-0.2, -0.15) is 17.6 Å². The van der Waals surface area contributed by atoms with E-state index in [-0.39, 0.29) is 5.56 Å². The lowest BCUT2D eigenvalue weighted by Crippen LogP contribution is -2.07. The molecule has 0 saturated heterocycles. The number of carbonyl (C=O) groups excluding carboxylic acids is 2. The average Bonchev–Trinajstić information content (AvgIpc) is 2.37. The predicted molar refractivity (Wildman–Crippen MR) is 57.9 cm³/mol. The summed E-state index contributed by atoms with van der Waals surface area (Å²) >= 11 is 0. The topological polar surface area (TPSA) is 52.6 Å². The van der Waals surface area contributed by atoms with Crippen molar-refractivity contribution < 1.29 is 36.6 Å². The van der Waals surface area contributed by atoms with Crippen LogP contribution in [-0.4, -0.2) is 11.9 Å². The number of halogens is 4. The highest BCUT2D eigenvalue weighted by molar-refractivity contribution is 5.95. The van der Waals surface area contributed by atoms with Crippen LogP contribution in [0.25, 0.3) is 0 Å². The summed E-state index contributed by atoms with van der Waals surface area (Å²) in [5.41, 5.74) is -0.677. The Morgan fingerprint density at radius 1 is 0.950 bits per heavy atom. The summed E-state index contributed by atoms with van der Waals surface area (Å²) in [6, 6.07) is 0.548. The van der Waals surface area contributed by atoms with E-state index in [4.69, 9.17) is 0 Å². The van der Waals surface area contributed by atoms with Crippen molar-refractivity contribution in [3.8, 4) is 0 Å². The van der Waals surface area contributed by atoms with Gasteiger partial charge in [0.15, 0.2) is 0 Å². The maximum Gasteiger partial charge on any atom is 0.347 e. The first kappa shape index (κ1) is 15.4. The van der Waals surface area contributed by atoms with Gasteiger partial charge < -0.3 is 9.47 Å². The van der Waals surface area contributed by atoms with Crippen molar-refractivity contribution in [2.24, 2.45) is 0 Å². The summed E-state index contributed by atoms with van der Waals surface area (Å²) < 4.78 is 56.0. The molecule has 0 aliphatic carbocycles. The second kappa shape index (κ2) is 6.50. The fraction of sp³-hybridized carbons (Fsp3) is 0. The quantitative estimate of drug-likeness (QED) is 0.484. The molecule has 0 radical (unpaired) electrons. The van der Waals surface area contributed by atoms with E-state index < -0.39 is 35.6 Å². The molecule has 1 aromatic rings. The Bertz CT molecular complexity index is 591. The number of hydrogen-bond acceptors (Lipinski definition) is 4. The highest BCUT2D eigenvalue weighted by Crippen LogP contribution is 2.15. The van der Waals surface area contributed by atoms with Crippen LogP contribution in [0, 0.1) is 0 Å². The Kier molecular flexibility index (Phi) is 5.01. The fourth-order valence-electron chi connectivity index (χ4n) is 1.11. The van der Waals surface area contributed by atoms with Crippen LogP contribution in [-0.2, 0) is 9.47 Å². The molecule has 106 valence electrons. The van der Waals surface area contributed by atoms with E-state index in [0.29, 0.717) is 0 Å². The normalized spacial score (nSPS) is 9.60. The molecule has 0 atom stereocenters. The molecular formula is C12H6F4O4. The molecule has 20 heavy (non-hydrogen) atoms. The van der Waals surface area contributed by atoms with Gasteiger partial charge >= 0.3 is 24.0 Å². The monoisotopic (exact) mass is 290 g/mol. The van der Waals surface area contributed by atoms with Gasteiger partial charge in [0.05, 0.1) is 11.1 Å². The summed E-state index contributed by atoms with van der Waals surface area (Å²) in [7, 11) is 0. The van der Waals surface area contributed by atoms with Gasteiger partial charge in [0.1, 0.15) is 0 Å². The standard InChI is InChI=1S/C12H6F4O4/c1-6(13)19-11(17)7-3-2-4-8(5-7)12(18)20-10(16)9(14)15/h2-5H,1H2. The largest absolute Gasteiger partial charge is 0.396 e. The van der Waals surface area contributed by atoms with Crippen molar-refractivity contribution in [2.45, 2.75) is 0 Å². The molecule has 4 nitrogen and oxygen atoms in total. The lowest BCUT2D eigenvalue weighted by molar-refractivity contribution is 0.0502. The summed E-state index contributed by atoms with van der Waals surface area (Å²) in [5, 5.41) is 0. The van der Waals surface area contributed by atoms with Crippen molar-refractivity contribution in [1.82, 2.24) is 0 Å². The zero-order valence-electron chi connectivity index (χ0n) is 9.66. The van der Waals surface area contributed by atoms with Gasteiger partial charge in [-0.15, -0.1) is 0 Å². The molecule has 0 unspecified atom stereocenters. The highest BCUT2D eigenvalue weighted by Gasteiger charge is 2.17. The van der Waals surface area contributed by atoms with Gasteiger partial charge in [0.2, 0.25) is 0 Å². The molecular weight excluding hydrogens is 284 g/mol. The lowest BCUT2D eigenvalue weighted by Gasteiger charge is -2.04. The zero-order valence-corrected chi connectivity index (χ0v) is 9.66. The summed E-state index contributed by atoms with van der Waals surface area (Å²) in [5.74, 6) is -2.62. The number of esters is 2. The number of hydrogen-bond donors (Lipinski definition) is 0. The minimum absolute atomic E-state index is 0.275. The molecule has 0 aliphatic rings. The van der Waals surface area contributed by atoms with Crippen LogP contribution in [0.5, 0.6) is 0 Å². The second-order valence-corrected chi connectivity index (χ2v) is 3.25. The molecule has 0 bridgehead atoms. The number of benzene rings is 1. The van der Waals surface area contributed by atoms with Crippen LogP contribution in [0.1, 0.15) is 20.7 Å². The Labute approximate surface area is 109 Å². The van der Waals surface area contributed by atoms with Crippen LogP contribution in [0.15, 0.2) is 49.0 Å². The van der Waals surface area contributed by atoms with E-state index in [9.17, 15) is 27.2 Å². The van der Waals surface area contributed by atoms with Gasteiger partial charge in [0, 0.05) is 0 Å². The smallest absolute Gasteiger partial charge is 0.347 e. The third-order valence-corrected chi connectivity index (χ3v) is 1.87. The van der Waals surface area contributed by atoms with Gasteiger partial charge in [-0.25, -0.2) is 9.59 Å². The van der Waals surface area contributed by atoms with Gasteiger partial charge in [-0.05, 0) is 24.8 Å². The molecule has 0 spiro atoms. The van der Waals surface area contributed by atoms with Crippen molar-refractivity contribution in [3.63, 3.8) is 0 Å². The third kappa shape index (κ3) is 4.23. The van der Waals surface area contributed by atoms with E-state index in [1.165, 1.54) is 6.07 Å². The SMILES string of the molecule is C=C(F)OC(=O)c1cccc(C(=O)OC(F)=C(F)F)c1. The molecule has 0 saturated carbocycles. The summed E-state index contributed by atoms with van der Waals surface area (Å²) in [6.45, 7) is 2.70. The van der Waals surface area contributed by atoms with Crippen LogP contribution >= 0.6 is 0 Å². The average molecular weight is 290 g/mol. The maximum atomic E-state index is 12.4. The molecule has 0 fully saturated rings. The first-order valence-corrected chi connectivity index (χ1v) is 4.91. The Balaban J connectivity index is 2.93. The zero-order chi connectivity index (χ0) is 15.3.